The van der Waals surface area contributed by atoms with Crippen LogP contribution in [0.2, 0.25) is 0 Å². The number of anilines is 1. The van der Waals surface area contributed by atoms with Gasteiger partial charge in [0.25, 0.3) is 0 Å². The highest BCUT2D eigenvalue weighted by molar-refractivity contribution is 5.44. The Labute approximate surface area is 85.0 Å². The predicted molar refractivity (Wildman–Crippen MR) is 57.9 cm³/mol. The van der Waals surface area contributed by atoms with Crippen LogP contribution in [0, 0.1) is 0 Å². The maximum atomic E-state index is 10.0. The molecule has 0 aliphatic carbocycles. The SMILES string of the molecule is CCCC(C)(O)Cc1cnccc1N. The molecule has 0 aliphatic heterocycles. The third kappa shape index (κ3) is 3.00. The molecule has 1 aromatic rings. The van der Waals surface area contributed by atoms with E-state index in [1.165, 1.54) is 0 Å². The molecule has 0 fully saturated rings. The van der Waals surface area contributed by atoms with Crippen LogP contribution in [0.15, 0.2) is 18.5 Å². The van der Waals surface area contributed by atoms with E-state index in [0.29, 0.717) is 12.1 Å². The number of hydrogen-bond donors (Lipinski definition) is 2. The predicted octanol–water partition coefficient (Wildman–Crippen LogP) is 1.76. The summed E-state index contributed by atoms with van der Waals surface area (Å²) >= 11 is 0. The van der Waals surface area contributed by atoms with Crippen LogP contribution in [0.3, 0.4) is 0 Å². The largest absolute Gasteiger partial charge is 0.398 e. The minimum Gasteiger partial charge on any atom is -0.398 e. The highest BCUT2D eigenvalue weighted by Crippen LogP contribution is 2.21. The summed E-state index contributed by atoms with van der Waals surface area (Å²) in [6.45, 7) is 3.89. The molecule has 3 heteroatoms. The molecule has 1 atom stereocenters. The number of nitrogen functional groups attached to an aromatic ring is 1. The molecule has 1 heterocycles. The number of nitrogens with zero attached hydrogens (tertiary/aromatic N) is 1. The van der Waals surface area contributed by atoms with Gasteiger partial charge in [-0.05, 0) is 25.0 Å². The zero-order valence-electron chi connectivity index (χ0n) is 8.83. The smallest absolute Gasteiger partial charge is 0.0661 e. The molecular formula is C11H18N2O. The minimum atomic E-state index is -0.675. The van der Waals surface area contributed by atoms with E-state index in [9.17, 15) is 5.11 Å². The number of pyridine rings is 1. The quantitative estimate of drug-likeness (QED) is 0.767. The summed E-state index contributed by atoms with van der Waals surface area (Å²) in [5.74, 6) is 0. The van der Waals surface area contributed by atoms with Crippen LogP contribution in [0.25, 0.3) is 0 Å². The van der Waals surface area contributed by atoms with Gasteiger partial charge >= 0.3 is 0 Å². The average Bonchev–Trinajstić information content (AvgIpc) is 2.08. The zero-order chi connectivity index (χ0) is 10.6. The van der Waals surface area contributed by atoms with Gasteiger partial charge in [-0.3, -0.25) is 4.98 Å². The maximum Gasteiger partial charge on any atom is 0.0661 e. The molecule has 0 saturated heterocycles. The van der Waals surface area contributed by atoms with Crippen molar-refractivity contribution in [2.45, 2.75) is 38.7 Å². The molecule has 3 N–H and O–H groups in total. The molecule has 0 aromatic carbocycles. The van der Waals surface area contributed by atoms with Crippen LogP contribution in [-0.2, 0) is 6.42 Å². The Balaban J connectivity index is 2.73. The Morgan fingerprint density at radius 2 is 2.29 bits per heavy atom. The topological polar surface area (TPSA) is 59.1 Å². The lowest BCUT2D eigenvalue weighted by Gasteiger charge is -2.23. The van der Waals surface area contributed by atoms with Crippen molar-refractivity contribution in [1.82, 2.24) is 4.98 Å². The van der Waals surface area contributed by atoms with Crippen LogP contribution in [0.1, 0.15) is 32.3 Å². The highest BCUT2D eigenvalue weighted by atomic mass is 16.3. The monoisotopic (exact) mass is 194 g/mol. The van der Waals surface area contributed by atoms with Crippen molar-refractivity contribution in [2.24, 2.45) is 0 Å². The molecule has 0 amide bonds. The summed E-state index contributed by atoms with van der Waals surface area (Å²) < 4.78 is 0. The number of rotatable bonds is 4. The third-order valence-electron chi connectivity index (χ3n) is 2.30. The normalized spacial score (nSPS) is 15.1. The van der Waals surface area contributed by atoms with E-state index >= 15 is 0 Å². The van der Waals surface area contributed by atoms with Gasteiger partial charge < -0.3 is 10.8 Å². The fourth-order valence-electron chi connectivity index (χ4n) is 1.62. The number of hydrogen-bond acceptors (Lipinski definition) is 3. The Morgan fingerprint density at radius 3 is 2.86 bits per heavy atom. The molecular weight excluding hydrogens is 176 g/mol. The van der Waals surface area contributed by atoms with Crippen molar-refractivity contribution < 1.29 is 5.11 Å². The lowest BCUT2D eigenvalue weighted by atomic mass is 9.92. The van der Waals surface area contributed by atoms with Crippen LogP contribution in [0.4, 0.5) is 5.69 Å². The molecule has 78 valence electrons. The van der Waals surface area contributed by atoms with Crippen LogP contribution in [-0.4, -0.2) is 15.7 Å². The second-order valence-corrected chi connectivity index (χ2v) is 4.00. The van der Waals surface area contributed by atoms with E-state index in [4.69, 9.17) is 5.73 Å². The first kappa shape index (κ1) is 11.0. The molecule has 0 bridgehead atoms. The molecule has 3 nitrogen and oxygen atoms in total. The van der Waals surface area contributed by atoms with E-state index in [0.717, 1.165) is 18.4 Å². The first-order chi connectivity index (χ1) is 6.55. The first-order valence-electron chi connectivity index (χ1n) is 4.96. The second-order valence-electron chi connectivity index (χ2n) is 4.00. The second kappa shape index (κ2) is 4.42. The van der Waals surface area contributed by atoms with Gasteiger partial charge in [-0.15, -0.1) is 0 Å². The lowest BCUT2D eigenvalue weighted by Crippen LogP contribution is -2.27. The fourth-order valence-corrected chi connectivity index (χ4v) is 1.62. The molecule has 0 aliphatic rings. The fraction of sp³-hybridized carbons (Fsp3) is 0.545. The van der Waals surface area contributed by atoms with Crippen molar-refractivity contribution in [3.05, 3.63) is 24.0 Å². The number of aromatic nitrogens is 1. The van der Waals surface area contributed by atoms with E-state index < -0.39 is 5.60 Å². The Morgan fingerprint density at radius 1 is 1.57 bits per heavy atom. The van der Waals surface area contributed by atoms with Gasteiger partial charge in [-0.2, -0.15) is 0 Å². The van der Waals surface area contributed by atoms with Gasteiger partial charge in [0, 0.05) is 24.5 Å². The first-order valence-corrected chi connectivity index (χ1v) is 4.96. The number of aliphatic hydroxyl groups is 1. The van der Waals surface area contributed by atoms with E-state index in [1.807, 2.05) is 6.92 Å². The number of nitrogens with two attached hydrogens (primary N) is 1. The summed E-state index contributed by atoms with van der Waals surface area (Å²) in [6.07, 6.45) is 5.70. The third-order valence-corrected chi connectivity index (χ3v) is 2.30. The maximum absolute atomic E-state index is 10.0. The van der Waals surface area contributed by atoms with Crippen molar-refractivity contribution in [3.63, 3.8) is 0 Å². The van der Waals surface area contributed by atoms with Gasteiger partial charge in [0.15, 0.2) is 0 Å². The van der Waals surface area contributed by atoms with Crippen molar-refractivity contribution >= 4 is 5.69 Å². The Bertz CT molecular complexity index is 297. The van der Waals surface area contributed by atoms with Gasteiger partial charge in [-0.1, -0.05) is 13.3 Å². The lowest BCUT2D eigenvalue weighted by molar-refractivity contribution is 0.0506. The van der Waals surface area contributed by atoms with Crippen molar-refractivity contribution in [3.8, 4) is 0 Å². The van der Waals surface area contributed by atoms with E-state index in [-0.39, 0.29) is 0 Å². The highest BCUT2D eigenvalue weighted by Gasteiger charge is 2.20. The molecule has 0 saturated carbocycles. The summed E-state index contributed by atoms with van der Waals surface area (Å²) in [6, 6.07) is 1.76. The van der Waals surface area contributed by atoms with Crippen LogP contribution in [0.5, 0.6) is 0 Å². The van der Waals surface area contributed by atoms with E-state index in [1.54, 1.807) is 18.5 Å². The van der Waals surface area contributed by atoms with Gasteiger partial charge in [-0.25, -0.2) is 0 Å². The summed E-state index contributed by atoms with van der Waals surface area (Å²) in [5, 5.41) is 10.0. The summed E-state index contributed by atoms with van der Waals surface area (Å²) in [4.78, 5) is 4.00. The molecule has 1 aromatic heterocycles. The Kier molecular flexibility index (Phi) is 3.47. The van der Waals surface area contributed by atoms with Gasteiger partial charge in [0.1, 0.15) is 0 Å². The van der Waals surface area contributed by atoms with Crippen LogP contribution < -0.4 is 5.73 Å². The molecule has 0 radical (unpaired) electrons. The molecule has 1 unspecified atom stereocenters. The van der Waals surface area contributed by atoms with Gasteiger partial charge in [0.2, 0.25) is 0 Å². The minimum absolute atomic E-state index is 0.570. The average molecular weight is 194 g/mol. The van der Waals surface area contributed by atoms with Crippen LogP contribution >= 0.6 is 0 Å². The molecule has 0 spiro atoms. The summed E-state index contributed by atoms with van der Waals surface area (Å²) in [7, 11) is 0. The zero-order valence-corrected chi connectivity index (χ0v) is 8.83. The van der Waals surface area contributed by atoms with Crippen molar-refractivity contribution in [1.29, 1.82) is 0 Å². The van der Waals surface area contributed by atoms with Crippen molar-refractivity contribution in [2.75, 3.05) is 5.73 Å². The standard InChI is InChI=1S/C11H18N2O/c1-3-5-11(2,14)7-9-8-13-6-4-10(9)12/h4,6,8,14H,3,5,7H2,1-2H3,(H2,12,13). The Hall–Kier alpha value is -1.09. The van der Waals surface area contributed by atoms with E-state index in [2.05, 4.69) is 11.9 Å². The molecule has 1 rings (SSSR count). The molecule has 14 heavy (non-hydrogen) atoms. The van der Waals surface area contributed by atoms with Gasteiger partial charge in [0.05, 0.1) is 5.60 Å². The summed E-state index contributed by atoms with van der Waals surface area (Å²) in [5.41, 5.74) is 6.73.